The van der Waals surface area contributed by atoms with Gasteiger partial charge in [0.15, 0.2) is 0 Å². The molecule has 0 rings (SSSR count). The first kappa shape index (κ1) is 6.74. The van der Waals surface area contributed by atoms with Gasteiger partial charge in [0.1, 0.15) is 0 Å². The van der Waals surface area contributed by atoms with Gasteiger partial charge in [-0.05, 0) is 0 Å². The van der Waals surface area contributed by atoms with Crippen LogP contribution >= 0.6 is 0 Å². The van der Waals surface area contributed by atoms with Crippen LogP contribution in [0.15, 0.2) is 0 Å². The van der Waals surface area contributed by atoms with E-state index in [0.717, 1.165) is 0 Å². The molecule has 0 saturated heterocycles. The fraction of sp³-hybridized carbons (Fsp3) is 0. The maximum atomic E-state index is 9.65. The number of carbonyl (C=O) groups is 2. The van der Waals surface area contributed by atoms with Crippen molar-refractivity contribution in [2.75, 3.05) is 0 Å². The number of aliphatic carboxylic acids is 1. The summed E-state index contributed by atoms with van der Waals surface area (Å²) >= 11 is 0.407. The fourth-order valence-corrected chi connectivity index (χ4v) is 0.280. The van der Waals surface area contributed by atoms with Crippen molar-refractivity contribution in [1.82, 2.24) is 0 Å². The van der Waals surface area contributed by atoms with Crippen LogP contribution in [0, 0.1) is 0 Å². The Kier molecular flexibility index (Phi) is 2.73. The first-order valence-corrected chi connectivity index (χ1v) is 2.44. The van der Waals surface area contributed by atoms with E-state index >= 15 is 0 Å². The van der Waals surface area contributed by atoms with Crippen LogP contribution < -0.4 is 5.11 Å². The molecule has 0 unspecified atom stereocenters. The number of hydrogen-bond acceptors (Lipinski definition) is 4. The number of hydrogen-bond donors (Lipinski definition) is 0. The van der Waals surface area contributed by atoms with Gasteiger partial charge in [-0.15, -0.1) is 0 Å². The van der Waals surface area contributed by atoms with E-state index in [1.165, 1.54) is 0 Å². The number of rotatable bonds is 0. The average Bonchev–Trinajstić information content (AvgIpc) is 1.65. The molecule has 0 N–H and O–H groups in total. The van der Waals surface area contributed by atoms with Crippen LogP contribution in [0.1, 0.15) is 0 Å². The van der Waals surface area contributed by atoms with Gasteiger partial charge in [0.05, 0.1) is 0 Å². The fourth-order valence-electron chi connectivity index (χ4n) is 0.0417. The van der Waals surface area contributed by atoms with Crippen molar-refractivity contribution in [3.05, 3.63) is 0 Å². The van der Waals surface area contributed by atoms with Crippen molar-refractivity contribution in [3.63, 3.8) is 0 Å². The SMILES string of the molecule is O=C([O-])C(=O)[O][Sn]. The molecule has 0 amide bonds. The molecule has 5 heteroatoms. The number of carbonyl (C=O) groups excluding carboxylic acids is 2. The summed E-state index contributed by atoms with van der Waals surface area (Å²) in [6.45, 7) is 0. The number of carboxylic acids is 1. The molecule has 0 aliphatic heterocycles. The third kappa shape index (κ3) is 2.44. The molecular weight excluding hydrogens is 207 g/mol. The number of carboxylic acid groups (broad SMARTS) is 1. The van der Waals surface area contributed by atoms with Crippen molar-refractivity contribution < 1.29 is 17.8 Å². The van der Waals surface area contributed by atoms with E-state index in [1.807, 2.05) is 0 Å². The van der Waals surface area contributed by atoms with E-state index in [4.69, 9.17) is 0 Å². The van der Waals surface area contributed by atoms with Crippen LogP contribution in [-0.4, -0.2) is 34.9 Å². The van der Waals surface area contributed by atoms with Crippen LogP contribution in [0.5, 0.6) is 0 Å². The maximum absolute atomic E-state index is 9.65. The molecule has 37 valence electrons. The topological polar surface area (TPSA) is 66.4 Å². The van der Waals surface area contributed by atoms with Crippen molar-refractivity contribution >= 4 is 34.9 Å². The summed E-state index contributed by atoms with van der Waals surface area (Å²) in [6, 6.07) is 0. The molecule has 0 spiro atoms. The van der Waals surface area contributed by atoms with Gasteiger partial charge >= 0.3 is 52.6 Å². The van der Waals surface area contributed by atoms with Gasteiger partial charge in [-0.3, -0.25) is 0 Å². The normalized spacial score (nSPS) is 7.57. The summed E-state index contributed by atoms with van der Waals surface area (Å²) in [6.07, 6.45) is 0. The Morgan fingerprint density at radius 1 is 1.57 bits per heavy atom. The molecule has 0 fully saturated rings. The molecule has 0 aromatic carbocycles. The van der Waals surface area contributed by atoms with Gasteiger partial charge in [0.2, 0.25) is 0 Å². The van der Waals surface area contributed by atoms with Crippen LogP contribution in [0.4, 0.5) is 0 Å². The summed E-state index contributed by atoms with van der Waals surface area (Å²) in [5, 5.41) is 9.36. The average molecular weight is 207 g/mol. The molecule has 0 aliphatic carbocycles. The van der Waals surface area contributed by atoms with Crippen LogP contribution in [0.3, 0.4) is 0 Å². The van der Waals surface area contributed by atoms with Gasteiger partial charge in [0.25, 0.3) is 0 Å². The van der Waals surface area contributed by atoms with Gasteiger partial charge in [-0.25, -0.2) is 0 Å². The summed E-state index contributed by atoms with van der Waals surface area (Å²) in [5.41, 5.74) is 0. The van der Waals surface area contributed by atoms with Crippen molar-refractivity contribution in [2.45, 2.75) is 0 Å². The third-order valence-electron chi connectivity index (χ3n) is 0.259. The zero-order chi connectivity index (χ0) is 5.86. The van der Waals surface area contributed by atoms with Crippen LogP contribution in [0.2, 0.25) is 0 Å². The minimum absolute atomic E-state index is 0.407. The Morgan fingerprint density at radius 2 is 2.00 bits per heavy atom. The molecule has 0 heterocycles. The molecule has 3 radical (unpaired) electrons. The Balaban J connectivity index is 3.58. The first-order valence-electron chi connectivity index (χ1n) is 1.27. The summed E-state index contributed by atoms with van der Waals surface area (Å²) in [5.74, 6) is -3.10. The quantitative estimate of drug-likeness (QED) is 0.321. The molecule has 7 heavy (non-hydrogen) atoms. The Labute approximate surface area is 53.1 Å². The van der Waals surface area contributed by atoms with Gasteiger partial charge in [-0.1, -0.05) is 0 Å². The van der Waals surface area contributed by atoms with E-state index in [9.17, 15) is 14.7 Å². The van der Waals surface area contributed by atoms with E-state index in [0.29, 0.717) is 22.9 Å². The zero-order valence-corrected chi connectivity index (χ0v) is 5.99. The van der Waals surface area contributed by atoms with Crippen molar-refractivity contribution in [1.29, 1.82) is 0 Å². The van der Waals surface area contributed by atoms with Gasteiger partial charge in [0, 0.05) is 0 Å². The van der Waals surface area contributed by atoms with Crippen molar-refractivity contribution in [3.8, 4) is 0 Å². The molecule has 4 nitrogen and oxygen atoms in total. The Hall–Kier alpha value is -0.261. The second-order valence-electron chi connectivity index (χ2n) is 0.677. The molecule has 0 saturated carbocycles. The van der Waals surface area contributed by atoms with Gasteiger partial charge < -0.3 is 0 Å². The van der Waals surface area contributed by atoms with E-state index < -0.39 is 11.9 Å². The second-order valence-corrected chi connectivity index (χ2v) is 1.26. The third-order valence-corrected chi connectivity index (χ3v) is 0.789. The minimum atomic E-state index is -1.79. The molecule has 0 bridgehead atoms. The molecule has 0 aliphatic rings. The molecule has 0 aromatic rings. The van der Waals surface area contributed by atoms with Gasteiger partial charge in [-0.2, -0.15) is 0 Å². The van der Waals surface area contributed by atoms with E-state index in [2.05, 4.69) is 3.07 Å². The van der Waals surface area contributed by atoms with E-state index in [-0.39, 0.29) is 0 Å². The predicted octanol–water partition coefficient (Wildman–Crippen LogP) is -2.64. The monoisotopic (exact) mass is 208 g/mol. The Bertz CT molecular complexity index is 97.9. The van der Waals surface area contributed by atoms with Crippen molar-refractivity contribution in [2.24, 2.45) is 0 Å². The summed E-state index contributed by atoms with van der Waals surface area (Å²) in [4.78, 5) is 19.0. The standard InChI is InChI=1S/C2H2O4.Sn/c3-1(4)2(5)6;/h(H,3,4)(H,5,6);/q;+1/p-2. The van der Waals surface area contributed by atoms with Crippen LogP contribution in [-0.2, 0) is 12.7 Å². The summed E-state index contributed by atoms with van der Waals surface area (Å²) in [7, 11) is 0. The second kappa shape index (κ2) is 2.84. The Morgan fingerprint density at radius 3 is 2.00 bits per heavy atom. The van der Waals surface area contributed by atoms with E-state index in [1.54, 1.807) is 0 Å². The van der Waals surface area contributed by atoms with Crippen LogP contribution in [0.25, 0.3) is 0 Å². The molecular formula is C2O4Sn-. The molecule has 0 atom stereocenters. The first-order chi connectivity index (χ1) is 3.18. The zero-order valence-electron chi connectivity index (χ0n) is 3.13. The summed E-state index contributed by atoms with van der Waals surface area (Å²) < 4.78 is 3.80. The molecule has 0 aromatic heterocycles. The predicted molar refractivity (Wildman–Crippen MR) is 16.9 cm³/mol.